The van der Waals surface area contributed by atoms with Gasteiger partial charge in [-0.25, -0.2) is 0 Å². The molecule has 94 valence electrons. The molecule has 0 spiro atoms. The van der Waals surface area contributed by atoms with Gasteiger partial charge in [-0.3, -0.25) is 14.4 Å². The SMILES string of the molecule is O=C1NC(C(=O)NC2COCC2C(=O)O)CS1. The molecule has 0 aromatic rings. The van der Waals surface area contributed by atoms with Crippen LogP contribution in [0.25, 0.3) is 0 Å². The molecule has 2 rings (SSSR count). The number of carboxylic acids is 1. The van der Waals surface area contributed by atoms with Gasteiger partial charge >= 0.3 is 5.97 Å². The topological polar surface area (TPSA) is 105 Å². The van der Waals surface area contributed by atoms with E-state index in [0.717, 1.165) is 11.8 Å². The van der Waals surface area contributed by atoms with Crippen molar-refractivity contribution in [3.05, 3.63) is 0 Å². The summed E-state index contributed by atoms with van der Waals surface area (Å²) < 4.78 is 5.03. The monoisotopic (exact) mass is 260 g/mol. The van der Waals surface area contributed by atoms with Gasteiger partial charge in [-0.15, -0.1) is 0 Å². The lowest BCUT2D eigenvalue weighted by Gasteiger charge is -2.18. The third kappa shape index (κ3) is 2.70. The van der Waals surface area contributed by atoms with Crippen LogP contribution in [0.2, 0.25) is 0 Å². The summed E-state index contributed by atoms with van der Waals surface area (Å²) in [4.78, 5) is 33.5. The van der Waals surface area contributed by atoms with Gasteiger partial charge in [0.15, 0.2) is 0 Å². The summed E-state index contributed by atoms with van der Waals surface area (Å²) in [5.41, 5.74) is 0. The number of carbonyl (C=O) groups excluding carboxylic acids is 2. The van der Waals surface area contributed by atoms with Gasteiger partial charge in [0.1, 0.15) is 12.0 Å². The molecule has 0 saturated carbocycles. The molecule has 7 nitrogen and oxygen atoms in total. The second kappa shape index (κ2) is 4.92. The van der Waals surface area contributed by atoms with Crippen LogP contribution < -0.4 is 10.6 Å². The van der Waals surface area contributed by atoms with E-state index in [1.807, 2.05) is 0 Å². The van der Waals surface area contributed by atoms with E-state index < -0.39 is 24.0 Å². The van der Waals surface area contributed by atoms with Crippen LogP contribution in [-0.4, -0.2) is 53.3 Å². The Morgan fingerprint density at radius 1 is 1.47 bits per heavy atom. The first kappa shape index (κ1) is 12.2. The Labute approximate surface area is 101 Å². The Bertz CT molecular complexity index is 361. The van der Waals surface area contributed by atoms with Gasteiger partial charge in [-0.05, 0) is 0 Å². The van der Waals surface area contributed by atoms with Gasteiger partial charge < -0.3 is 20.5 Å². The summed E-state index contributed by atoms with van der Waals surface area (Å²) in [6.07, 6.45) is 0. The fourth-order valence-corrected chi connectivity index (χ4v) is 2.53. The fourth-order valence-electron chi connectivity index (χ4n) is 1.75. The molecule has 2 saturated heterocycles. The Hall–Kier alpha value is -1.28. The molecule has 0 radical (unpaired) electrons. The first-order valence-corrected chi connectivity index (χ1v) is 6.10. The number of hydrogen-bond donors (Lipinski definition) is 3. The standard InChI is InChI=1S/C9H12N2O5S/c12-7(6-3-17-9(15)11-6)10-5-2-16-1-4(5)8(13)14/h4-6H,1-3H2,(H,10,12)(H,11,15)(H,13,14). The highest BCUT2D eigenvalue weighted by molar-refractivity contribution is 8.14. The van der Waals surface area contributed by atoms with Gasteiger partial charge in [-0.2, -0.15) is 0 Å². The summed E-state index contributed by atoms with van der Waals surface area (Å²) in [7, 11) is 0. The number of rotatable bonds is 3. The first-order chi connectivity index (χ1) is 8.08. The maximum atomic E-state index is 11.7. The lowest BCUT2D eigenvalue weighted by molar-refractivity contribution is -0.142. The van der Waals surface area contributed by atoms with Crippen molar-refractivity contribution in [2.24, 2.45) is 5.92 Å². The Balaban J connectivity index is 1.90. The van der Waals surface area contributed by atoms with Crippen molar-refractivity contribution in [1.82, 2.24) is 10.6 Å². The van der Waals surface area contributed by atoms with Gasteiger partial charge in [0.2, 0.25) is 5.91 Å². The van der Waals surface area contributed by atoms with E-state index in [2.05, 4.69) is 10.6 Å². The maximum absolute atomic E-state index is 11.7. The second-order valence-electron chi connectivity index (χ2n) is 3.89. The molecule has 0 aliphatic carbocycles. The van der Waals surface area contributed by atoms with E-state index >= 15 is 0 Å². The van der Waals surface area contributed by atoms with Crippen LogP contribution in [0.5, 0.6) is 0 Å². The molecule has 2 aliphatic heterocycles. The van der Waals surface area contributed by atoms with Gasteiger partial charge in [-0.1, -0.05) is 11.8 Å². The summed E-state index contributed by atoms with van der Waals surface area (Å²) in [6, 6.07) is -1.11. The molecule has 2 aliphatic rings. The van der Waals surface area contributed by atoms with E-state index in [1.54, 1.807) is 0 Å². The van der Waals surface area contributed by atoms with Gasteiger partial charge in [0.05, 0.1) is 19.3 Å². The number of aliphatic carboxylic acids is 1. The summed E-state index contributed by atoms with van der Waals surface area (Å²) in [5, 5.41) is 13.8. The Kier molecular flexibility index (Phi) is 3.53. The van der Waals surface area contributed by atoms with Crippen LogP contribution in [0.1, 0.15) is 0 Å². The largest absolute Gasteiger partial charge is 0.481 e. The van der Waals surface area contributed by atoms with Crippen molar-refractivity contribution >= 4 is 28.9 Å². The van der Waals surface area contributed by atoms with E-state index in [1.165, 1.54) is 0 Å². The van der Waals surface area contributed by atoms with Crippen molar-refractivity contribution in [2.45, 2.75) is 12.1 Å². The molecule has 2 amide bonds. The van der Waals surface area contributed by atoms with Crippen LogP contribution in [-0.2, 0) is 14.3 Å². The summed E-state index contributed by atoms with van der Waals surface area (Å²) >= 11 is 1.04. The number of carbonyl (C=O) groups is 3. The normalized spacial score (nSPS) is 32.2. The second-order valence-corrected chi connectivity index (χ2v) is 4.89. The molecule has 8 heteroatoms. The van der Waals surface area contributed by atoms with Crippen LogP contribution >= 0.6 is 11.8 Å². The summed E-state index contributed by atoms with van der Waals surface area (Å²) in [6.45, 7) is 0.294. The highest BCUT2D eigenvalue weighted by Crippen LogP contribution is 2.16. The van der Waals surface area contributed by atoms with Crippen LogP contribution in [0.15, 0.2) is 0 Å². The molecule has 2 fully saturated rings. The van der Waals surface area contributed by atoms with Crippen LogP contribution in [0.3, 0.4) is 0 Å². The third-order valence-corrected chi connectivity index (χ3v) is 3.60. The van der Waals surface area contributed by atoms with E-state index in [-0.39, 0.29) is 24.4 Å². The van der Waals surface area contributed by atoms with E-state index in [9.17, 15) is 14.4 Å². The maximum Gasteiger partial charge on any atom is 0.311 e. The van der Waals surface area contributed by atoms with Crippen molar-refractivity contribution in [1.29, 1.82) is 0 Å². The fraction of sp³-hybridized carbons (Fsp3) is 0.667. The number of carboxylic acid groups (broad SMARTS) is 1. The van der Waals surface area contributed by atoms with E-state index in [0.29, 0.717) is 5.75 Å². The molecule has 3 atom stereocenters. The van der Waals surface area contributed by atoms with Gasteiger partial charge in [0, 0.05) is 5.75 Å². The average molecular weight is 260 g/mol. The van der Waals surface area contributed by atoms with Gasteiger partial charge in [0.25, 0.3) is 5.24 Å². The van der Waals surface area contributed by atoms with Crippen molar-refractivity contribution < 1.29 is 24.2 Å². The highest BCUT2D eigenvalue weighted by atomic mass is 32.2. The molecule has 3 unspecified atom stereocenters. The van der Waals surface area contributed by atoms with Crippen molar-refractivity contribution in [2.75, 3.05) is 19.0 Å². The molecule has 0 bridgehead atoms. The van der Waals surface area contributed by atoms with Crippen molar-refractivity contribution in [3.8, 4) is 0 Å². The zero-order valence-electron chi connectivity index (χ0n) is 8.84. The molecule has 0 aromatic carbocycles. The Morgan fingerprint density at radius 2 is 2.24 bits per heavy atom. The molecule has 3 N–H and O–H groups in total. The first-order valence-electron chi connectivity index (χ1n) is 5.12. The predicted octanol–water partition coefficient (Wildman–Crippen LogP) is -0.973. The minimum atomic E-state index is -0.988. The minimum absolute atomic E-state index is 0.103. The molecule has 2 heterocycles. The number of hydrogen-bond acceptors (Lipinski definition) is 5. The van der Waals surface area contributed by atoms with Crippen LogP contribution in [0.4, 0.5) is 4.79 Å². The van der Waals surface area contributed by atoms with Crippen LogP contribution in [0, 0.1) is 5.92 Å². The molecule has 0 aromatic heterocycles. The molecular formula is C9H12N2O5S. The average Bonchev–Trinajstić information content (AvgIpc) is 2.86. The molecular weight excluding hydrogens is 248 g/mol. The number of ether oxygens (including phenoxy) is 1. The smallest absolute Gasteiger partial charge is 0.311 e. The Morgan fingerprint density at radius 3 is 2.82 bits per heavy atom. The number of amides is 2. The number of thioether (sulfide) groups is 1. The number of nitrogens with one attached hydrogen (secondary N) is 2. The summed E-state index contributed by atoms with van der Waals surface area (Å²) in [5.74, 6) is -1.69. The third-order valence-electron chi connectivity index (χ3n) is 2.72. The highest BCUT2D eigenvalue weighted by Gasteiger charge is 2.37. The molecule has 17 heavy (non-hydrogen) atoms. The van der Waals surface area contributed by atoms with E-state index in [4.69, 9.17) is 9.84 Å². The zero-order chi connectivity index (χ0) is 12.4. The lowest BCUT2D eigenvalue weighted by atomic mass is 10.0. The zero-order valence-corrected chi connectivity index (χ0v) is 9.66. The van der Waals surface area contributed by atoms with Crippen molar-refractivity contribution in [3.63, 3.8) is 0 Å². The quantitative estimate of drug-likeness (QED) is 0.603. The predicted molar refractivity (Wildman–Crippen MR) is 58.7 cm³/mol. The lowest BCUT2D eigenvalue weighted by Crippen LogP contribution is -2.50. The minimum Gasteiger partial charge on any atom is -0.481 e.